The van der Waals surface area contributed by atoms with Gasteiger partial charge in [-0.05, 0) is 31.0 Å². The van der Waals surface area contributed by atoms with Crippen LogP contribution in [-0.4, -0.2) is 35.9 Å². The van der Waals surface area contributed by atoms with Crippen molar-refractivity contribution in [2.45, 2.75) is 23.8 Å². The predicted octanol–water partition coefficient (Wildman–Crippen LogP) is 1.67. The molecule has 1 saturated heterocycles. The second-order valence-electron chi connectivity index (χ2n) is 5.67. The van der Waals surface area contributed by atoms with Gasteiger partial charge in [0.2, 0.25) is 10.0 Å². The number of aliphatic hydroxyl groups is 1. The Hall–Kier alpha value is -1.76. The number of aryl methyl sites for hydroxylation is 1. The zero-order valence-corrected chi connectivity index (χ0v) is 13.1. The molecule has 1 aromatic carbocycles. The largest absolute Gasteiger partial charge is 0.384 e. The molecule has 0 spiro atoms. The summed E-state index contributed by atoms with van der Waals surface area (Å²) >= 11 is 0. The zero-order chi connectivity index (χ0) is 15.8. The number of benzene rings is 1. The molecule has 1 fully saturated rings. The highest BCUT2D eigenvalue weighted by Crippen LogP contribution is 2.34. The monoisotopic (exact) mass is 318 g/mol. The van der Waals surface area contributed by atoms with Crippen LogP contribution < -0.4 is 0 Å². The summed E-state index contributed by atoms with van der Waals surface area (Å²) in [6, 6.07) is 10.7. The second-order valence-corrected chi connectivity index (χ2v) is 7.61. The van der Waals surface area contributed by atoms with Crippen molar-refractivity contribution in [3.05, 3.63) is 59.9 Å². The van der Waals surface area contributed by atoms with Gasteiger partial charge in [0.1, 0.15) is 10.5 Å². The summed E-state index contributed by atoms with van der Waals surface area (Å²) in [6.45, 7) is 2.33. The molecule has 22 heavy (non-hydrogen) atoms. The van der Waals surface area contributed by atoms with Gasteiger partial charge >= 0.3 is 0 Å². The molecule has 0 saturated carbocycles. The minimum atomic E-state index is -3.62. The van der Waals surface area contributed by atoms with Crippen LogP contribution in [0.3, 0.4) is 0 Å². The van der Waals surface area contributed by atoms with E-state index in [0.29, 0.717) is 13.0 Å². The molecule has 1 aromatic heterocycles. The van der Waals surface area contributed by atoms with Gasteiger partial charge < -0.3 is 5.11 Å². The van der Waals surface area contributed by atoms with Crippen molar-refractivity contribution in [3.63, 3.8) is 0 Å². The van der Waals surface area contributed by atoms with Crippen LogP contribution >= 0.6 is 0 Å². The summed E-state index contributed by atoms with van der Waals surface area (Å²) in [5.41, 5.74) is 0.718. The fraction of sp³-hybridized carbons (Fsp3) is 0.312. The van der Waals surface area contributed by atoms with Crippen molar-refractivity contribution in [2.75, 3.05) is 13.1 Å². The van der Waals surface area contributed by atoms with Crippen LogP contribution in [0.4, 0.5) is 0 Å². The lowest BCUT2D eigenvalue weighted by molar-refractivity contribution is 0.0531. The first-order chi connectivity index (χ1) is 10.4. The fourth-order valence-corrected chi connectivity index (χ4v) is 4.17. The molecule has 0 amide bonds. The normalized spacial score (nSPS) is 22.8. The number of sulfonamides is 1. The van der Waals surface area contributed by atoms with E-state index in [0.717, 1.165) is 11.1 Å². The number of hydrogen-bond donors (Lipinski definition) is 1. The Morgan fingerprint density at radius 1 is 1.23 bits per heavy atom. The van der Waals surface area contributed by atoms with E-state index in [1.807, 2.05) is 31.2 Å². The van der Waals surface area contributed by atoms with E-state index in [9.17, 15) is 13.5 Å². The minimum Gasteiger partial charge on any atom is -0.384 e. The van der Waals surface area contributed by atoms with E-state index in [2.05, 4.69) is 4.98 Å². The molecule has 2 heterocycles. The molecule has 1 aliphatic rings. The Kier molecular flexibility index (Phi) is 3.76. The first kappa shape index (κ1) is 15.1. The summed E-state index contributed by atoms with van der Waals surface area (Å²) in [6.07, 6.45) is 3.25. The Morgan fingerprint density at radius 3 is 2.59 bits per heavy atom. The molecule has 1 aliphatic heterocycles. The quantitative estimate of drug-likeness (QED) is 0.934. The highest BCUT2D eigenvalue weighted by molar-refractivity contribution is 7.89. The number of hydrogen-bond acceptors (Lipinski definition) is 4. The van der Waals surface area contributed by atoms with Crippen molar-refractivity contribution in [1.82, 2.24) is 9.29 Å². The molecule has 1 N–H and O–H groups in total. The van der Waals surface area contributed by atoms with Crippen molar-refractivity contribution in [1.29, 1.82) is 0 Å². The van der Waals surface area contributed by atoms with Crippen LogP contribution in [-0.2, 0) is 15.6 Å². The molecular weight excluding hydrogens is 300 g/mol. The number of rotatable bonds is 3. The molecule has 3 rings (SSSR count). The molecule has 2 aromatic rings. The standard InChI is InChI=1S/C16H18N2O3S/c1-13-4-6-14(7-5-13)16(19)8-10-18(12-16)22(20,21)15-3-2-9-17-11-15/h2-7,9,11,19H,8,10,12H2,1H3/t16-/m1/s1. The first-order valence-electron chi connectivity index (χ1n) is 7.11. The average Bonchev–Trinajstić information content (AvgIpc) is 2.93. The van der Waals surface area contributed by atoms with Crippen molar-refractivity contribution >= 4 is 10.0 Å². The molecule has 116 valence electrons. The maximum absolute atomic E-state index is 12.6. The maximum Gasteiger partial charge on any atom is 0.244 e. The van der Waals surface area contributed by atoms with Gasteiger partial charge in [-0.15, -0.1) is 0 Å². The van der Waals surface area contributed by atoms with Gasteiger partial charge in [0.25, 0.3) is 0 Å². The molecule has 0 bridgehead atoms. The average molecular weight is 318 g/mol. The van der Waals surface area contributed by atoms with Gasteiger partial charge in [0.05, 0.1) is 0 Å². The SMILES string of the molecule is Cc1ccc([C@@]2(O)CCN(S(=O)(=O)c3cccnc3)C2)cc1. The van der Waals surface area contributed by atoms with Crippen molar-refractivity contribution in [2.24, 2.45) is 0 Å². The van der Waals surface area contributed by atoms with E-state index in [4.69, 9.17) is 0 Å². The molecule has 0 unspecified atom stereocenters. The topological polar surface area (TPSA) is 70.5 Å². The highest BCUT2D eigenvalue weighted by Gasteiger charge is 2.42. The molecule has 1 atom stereocenters. The Balaban J connectivity index is 1.87. The van der Waals surface area contributed by atoms with E-state index in [-0.39, 0.29) is 11.4 Å². The number of nitrogens with zero attached hydrogens (tertiary/aromatic N) is 2. The lowest BCUT2D eigenvalue weighted by Gasteiger charge is -2.24. The lowest BCUT2D eigenvalue weighted by Crippen LogP contribution is -2.34. The van der Waals surface area contributed by atoms with Crippen LogP contribution in [0.2, 0.25) is 0 Å². The number of pyridine rings is 1. The zero-order valence-electron chi connectivity index (χ0n) is 12.3. The smallest absolute Gasteiger partial charge is 0.244 e. The Labute approximate surface area is 130 Å². The molecule has 0 radical (unpaired) electrons. The van der Waals surface area contributed by atoms with Crippen LogP contribution in [0, 0.1) is 6.92 Å². The first-order valence-corrected chi connectivity index (χ1v) is 8.56. The Morgan fingerprint density at radius 2 is 1.95 bits per heavy atom. The predicted molar refractivity (Wildman–Crippen MR) is 82.7 cm³/mol. The summed E-state index contributed by atoms with van der Waals surface area (Å²) < 4.78 is 26.5. The van der Waals surface area contributed by atoms with Crippen molar-refractivity contribution in [3.8, 4) is 0 Å². The molecular formula is C16H18N2O3S. The van der Waals surface area contributed by atoms with Gasteiger partial charge in [-0.25, -0.2) is 8.42 Å². The Bertz CT molecular complexity index is 760. The van der Waals surface area contributed by atoms with Crippen LogP contribution in [0.15, 0.2) is 53.7 Å². The van der Waals surface area contributed by atoms with Crippen LogP contribution in [0.1, 0.15) is 17.5 Å². The van der Waals surface area contributed by atoms with E-state index in [1.54, 1.807) is 6.07 Å². The van der Waals surface area contributed by atoms with Gasteiger partial charge in [-0.3, -0.25) is 4.98 Å². The van der Waals surface area contributed by atoms with Crippen LogP contribution in [0.5, 0.6) is 0 Å². The summed E-state index contributed by atoms with van der Waals surface area (Å²) in [7, 11) is -3.62. The highest BCUT2D eigenvalue weighted by atomic mass is 32.2. The second kappa shape index (κ2) is 5.46. The summed E-state index contributed by atoms with van der Waals surface area (Å²) in [5, 5.41) is 10.8. The van der Waals surface area contributed by atoms with Gasteiger partial charge in [0, 0.05) is 25.5 Å². The van der Waals surface area contributed by atoms with Gasteiger partial charge in [-0.1, -0.05) is 29.8 Å². The van der Waals surface area contributed by atoms with Gasteiger partial charge in [0.15, 0.2) is 0 Å². The third-order valence-electron chi connectivity index (χ3n) is 4.07. The number of aromatic nitrogens is 1. The van der Waals surface area contributed by atoms with E-state index >= 15 is 0 Å². The summed E-state index contributed by atoms with van der Waals surface area (Å²) in [4.78, 5) is 4.01. The molecule has 6 heteroatoms. The lowest BCUT2D eigenvalue weighted by atomic mass is 9.92. The molecule has 0 aliphatic carbocycles. The van der Waals surface area contributed by atoms with Crippen LogP contribution in [0.25, 0.3) is 0 Å². The van der Waals surface area contributed by atoms with E-state index < -0.39 is 15.6 Å². The van der Waals surface area contributed by atoms with Crippen molar-refractivity contribution < 1.29 is 13.5 Å². The minimum absolute atomic E-state index is 0.0628. The maximum atomic E-state index is 12.6. The molecule has 5 nitrogen and oxygen atoms in total. The van der Waals surface area contributed by atoms with E-state index in [1.165, 1.54) is 22.8 Å². The third-order valence-corrected chi connectivity index (χ3v) is 5.90. The van der Waals surface area contributed by atoms with Gasteiger partial charge in [-0.2, -0.15) is 4.31 Å². The fourth-order valence-electron chi connectivity index (χ4n) is 2.71. The summed E-state index contributed by atoms with van der Waals surface area (Å²) in [5.74, 6) is 0. The number of β-amino-alcohol motifs (C(OH)–C–C–N with tert-alkyl or cyclic N) is 1. The third kappa shape index (κ3) is 2.65.